The molecular formula is C21H14Cl2N4O. The van der Waals surface area contributed by atoms with Gasteiger partial charge >= 0.3 is 0 Å². The molecule has 28 heavy (non-hydrogen) atoms. The van der Waals surface area contributed by atoms with Crippen LogP contribution in [-0.4, -0.2) is 10.5 Å². The molecule has 0 aliphatic rings. The number of nitrogens with one attached hydrogen (secondary N) is 1. The average molecular weight is 409 g/mol. The Morgan fingerprint density at radius 3 is 2.68 bits per heavy atom. The maximum absolute atomic E-state index is 12.6. The van der Waals surface area contributed by atoms with Crippen molar-refractivity contribution < 1.29 is 4.79 Å². The van der Waals surface area contributed by atoms with E-state index in [4.69, 9.17) is 28.5 Å². The van der Waals surface area contributed by atoms with Gasteiger partial charge in [-0.1, -0.05) is 47.5 Å². The second-order valence-electron chi connectivity index (χ2n) is 5.93. The molecule has 2 aromatic carbocycles. The van der Waals surface area contributed by atoms with Crippen LogP contribution in [-0.2, 0) is 11.3 Å². The highest BCUT2D eigenvalue weighted by atomic mass is 35.5. The SMILES string of the molecule is N#CCCn1cc(/C=C(/C#N)C(=O)Nc2cccc(Cl)c2Cl)c2ccccc21. The van der Waals surface area contributed by atoms with Crippen LogP contribution in [0.4, 0.5) is 5.69 Å². The predicted octanol–water partition coefficient (Wildman–Crippen LogP) is 5.41. The van der Waals surface area contributed by atoms with E-state index >= 15 is 0 Å². The highest BCUT2D eigenvalue weighted by molar-refractivity contribution is 6.44. The highest BCUT2D eigenvalue weighted by Gasteiger charge is 2.14. The summed E-state index contributed by atoms with van der Waals surface area (Å²) in [4.78, 5) is 12.6. The molecule has 5 nitrogen and oxygen atoms in total. The van der Waals surface area contributed by atoms with Gasteiger partial charge in [0.05, 0.1) is 28.2 Å². The Kier molecular flexibility index (Phi) is 6.01. The van der Waals surface area contributed by atoms with Crippen LogP contribution >= 0.6 is 23.2 Å². The maximum atomic E-state index is 12.6. The first kappa shape index (κ1) is 19.5. The minimum absolute atomic E-state index is 0.0702. The van der Waals surface area contributed by atoms with Gasteiger partial charge in [-0.05, 0) is 24.3 Å². The van der Waals surface area contributed by atoms with Crippen LogP contribution in [0.3, 0.4) is 0 Å². The molecule has 0 aliphatic heterocycles. The van der Waals surface area contributed by atoms with Crippen molar-refractivity contribution in [2.45, 2.75) is 13.0 Å². The molecule has 1 heterocycles. The normalized spacial score (nSPS) is 11.1. The lowest BCUT2D eigenvalue weighted by molar-refractivity contribution is -0.112. The van der Waals surface area contributed by atoms with Crippen LogP contribution in [0.15, 0.2) is 54.2 Å². The number of benzene rings is 2. The zero-order chi connectivity index (χ0) is 20.1. The molecule has 0 aliphatic carbocycles. The number of nitriles is 2. The fourth-order valence-electron chi connectivity index (χ4n) is 2.84. The molecule has 1 amide bonds. The standard InChI is InChI=1S/C21H14Cl2N4O/c22-17-6-3-7-18(20(17)23)26-21(28)14(12-25)11-15-13-27(10-4-9-24)19-8-2-1-5-16(15)19/h1-3,5-8,11,13H,4,10H2,(H,26,28)/b14-11-. The van der Waals surface area contributed by atoms with E-state index in [0.717, 1.165) is 16.5 Å². The van der Waals surface area contributed by atoms with Gasteiger partial charge in [0.15, 0.2) is 0 Å². The number of carbonyl (C=O) groups excluding carboxylic acids is 1. The lowest BCUT2D eigenvalue weighted by Gasteiger charge is -2.07. The monoisotopic (exact) mass is 408 g/mol. The minimum Gasteiger partial charge on any atom is -0.346 e. The minimum atomic E-state index is -0.583. The number of aromatic nitrogens is 1. The summed E-state index contributed by atoms with van der Waals surface area (Å²) in [6.07, 6.45) is 3.72. The van der Waals surface area contributed by atoms with Gasteiger partial charge in [-0.3, -0.25) is 4.79 Å². The number of halogens is 2. The van der Waals surface area contributed by atoms with Crippen LogP contribution in [0.2, 0.25) is 10.0 Å². The van der Waals surface area contributed by atoms with Crippen LogP contribution in [0.5, 0.6) is 0 Å². The van der Waals surface area contributed by atoms with Gasteiger partial charge in [0.2, 0.25) is 0 Å². The molecule has 0 radical (unpaired) electrons. The number of aryl methyl sites for hydroxylation is 1. The third kappa shape index (κ3) is 4.02. The molecule has 0 bridgehead atoms. The maximum Gasteiger partial charge on any atom is 0.266 e. The fraction of sp³-hybridized carbons (Fsp3) is 0.0952. The first-order valence-electron chi connectivity index (χ1n) is 8.37. The van der Waals surface area contributed by atoms with Crippen molar-refractivity contribution in [2.75, 3.05) is 5.32 Å². The van der Waals surface area contributed by atoms with E-state index in [9.17, 15) is 10.1 Å². The molecule has 0 saturated carbocycles. The summed E-state index contributed by atoms with van der Waals surface area (Å²) in [5.41, 5.74) is 1.91. The van der Waals surface area contributed by atoms with Gasteiger partial charge in [0.25, 0.3) is 5.91 Å². The molecular weight excluding hydrogens is 395 g/mol. The van der Waals surface area contributed by atoms with Gasteiger partial charge in [-0.15, -0.1) is 0 Å². The quantitative estimate of drug-likeness (QED) is 0.452. The lowest BCUT2D eigenvalue weighted by Crippen LogP contribution is -2.13. The smallest absolute Gasteiger partial charge is 0.266 e. The van der Waals surface area contributed by atoms with Crippen LogP contribution in [0.1, 0.15) is 12.0 Å². The van der Waals surface area contributed by atoms with Gasteiger partial charge < -0.3 is 9.88 Å². The average Bonchev–Trinajstić information content (AvgIpc) is 3.05. The van der Waals surface area contributed by atoms with Crippen molar-refractivity contribution in [2.24, 2.45) is 0 Å². The Hall–Kier alpha value is -3.25. The van der Waals surface area contributed by atoms with Crippen LogP contribution in [0.25, 0.3) is 17.0 Å². The van der Waals surface area contributed by atoms with E-state index in [0.29, 0.717) is 23.7 Å². The number of nitrogens with zero attached hydrogens (tertiary/aromatic N) is 3. The number of rotatable bonds is 5. The third-order valence-electron chi connectivity index (χ3n) is 4.15. The summed E-state index contributed by atoms with van der Waals surface area (Å²) in [5, 5.41) is 22.4. The summed E-state index contributed by atoms with van der Waals surface area (Å²) in [5.74, 6) is -0.583. The van der Waals surface area contributed by atoms with E-state index in [1.165, 1.54) is 6.08 Å². The second kappa shape index (κ2) is 8.63. The number of para-hydroxylation sites is 1. The van der Waals surface area contributed by atoms with Crippen molar-refractivity contribution in [1.82, 2.24) is 4.57 Å². The number of amides is 1. The number of hydrogen-bond donors (Lipinski definition) is 1. The summed E-state index contributed by atoms with van der Waals surface area (Å²) in [6, 6.07) is 16.5. The van der Waals surface area contributed by atoms with Gasteiger partial charge in [0, 0.05) is 29.2 Å². The predicted molar refractivity (Wildman–Crippen MR) is 111 cm³/mol. The molecule has 7 heteroatoms. The molecule has 0 spiro atoms. The van der Waals surface area contributed by atoms with Crippen molar-refractivity contribution >= 4 is 51.8 Å². The Morgan fingerprint density at radius 1 is 1.14 bits per heavy atom. The third-order valence-corrected chi connectivity index (χ3v) is 4.97. The molecule has 0 saturated heterocycles. The van der Waals surface area contributed by atoms with Gasteiger partial charge in [-0.2, -0.15) is 10.5 Å². The largest absolute Gasteiger partial charge is 0.346 e. The number of fused-ring (bicyclic) bond motifs is 1. The Bertz CT molecular complexity index is 1170. The molecule has 1 aromatic heterocycles. The van der Waals surface area contributed by atoms with E-state index in [2.05, 4.69) is 11.4 Å². The zero-order valence-corrected chi connectivity index (χ0v) is 16.1. The molecule has 0 fully saturated rings. The Labute approximate surface area is 172 Å². The second-order valence-corrected chi connectivity index (χ2v) is 6.71. The summed E-state index contributed by atoms with van der Waals surface area (Å²) < 4.78 is 1.94. The topological polar surface area (TPSA) is 81.6 Å². The van der Waals surface area contributed by atoms with Crippen LogP contribution < -0.4 is 5.32 Å². The first-order chi connectivity index (χ1) is 13.5. The van der Waals surface area contributed by atoms with Gasteiger partial charge in [0.1, 0.15) is 11.6 Å². The summed E-state index contributed by atoms with van der Waals surface area (Å²) in [7, 11) is 0. The Balaban J connectivity index is 1.97. The summed E-state index contributed by atoms with van der Waals surface area (Å²) in [6.45, 7) is 0.525. The molecule has 0 unspecified atom stereocenters. The fourth-order valence-corrected chi connectivity index (χ4v) is 3.19. The van der Waals surface area contributed by atoms with Crippen molar-refractivity contribution in [3.8, 4) is 12.1 Å². The number of hydrogen-bond acceptors (Lipinski definition) is 3. The van der Waals surface area contributed by atoms with Crippen molar-refractivity contribution in [1.29, 1.82) is 10.5 Å². The van der Waals surface area contributed by atoms with E-state index in [-0.39, 0.29) is 10.6 Å². The zero-order valence-electron chi connectivity index (χ0n) is 14.6. The first-order valence-corrected chi connectivity index (χ1v) is 9.12. The molecule has 0 atom stereocenters. The van der Waals surface area contributed by atoms with Gasteiger partial charge in [-0.25, -0.2) is 0 Å². The molecule has 3 aromatic rings. The van der Waals surface area contributed by atoms with E-state index in [1.807, 2.05) is 41.1 Å². The molecule has 3 rings (SSSR count). The Morgan fingerprint density at radius 2 is 1.93 bits per heavy atom. The highest BCUT2D eigenvalue weighted by Crippen LogP contribution is 2.30. The number of anilines is 1. The van der Waals surface area contributed by atoms with Crippen molar-refractivity contribution in [3.05, 3.63) is 69.8 Å². The van der Waals surface area contributed by atoms with E-state index in [1.54, 1.807) is 18.2 Å². The number of carbonyl (C=O) groups is 1. The van der Waals surface area contributed by atoms with E-state index < -0.39 is 5.91 Å². The molecule has 138 valence electrons. The molecule has 1 N–H and O–H groups in total. The van der Waals surface area contributed by atoms with Crippen LogP contribution in [0, 0.1) is 22.7 Å². The van der Waals surface area contributed by atoms with Crippen molar-refractivity contribution in [3.63, 3.8) is 0 Å². The summed E-state index contributed by atoms with van der Waals surface area (Å²) >= 11 is 12.1. The lowest BCUT2D eigenvalue weighted by atomic mass is 10.1.